The normalized spacial score (nSPS) is 11.1. The first-order valence-corrected chi connectivity index (χ1v) is 11.4. The summed E-state index contributed by atoms with van der Waals surface area (Å²) < 4.78 is 1.26. The molecule has 0 aliphatic heterocycles. The Morgan fingerprint density at radius 3 is 2.64 bits per heavy atom. The standard InChI is InChI=1S/C23H24N6O3S/c1-3-28(18(30)13-33-22-25-16-10-9-14(2)11-17(16)26-22)19-20(24)29(23(32)27-21(19)31)12-15-7-5-4-6-8-15/h4-11H,3,12-13,24H2,1-2H3,(H,25,26)(H,27,31,32). The number of anilines is 2. The number of aryl methyl sites for hydroxylation is 1. The van der Waals surface area contributed by atoms with Crippen molar-refractivity contribution in [2.24, 2.45) is 0 Å². The van der Waals surface area contributed by atoms with Crippen LogP contribution in [0.2, 0.25) is 0 Å². The van der Waals surface area contributed by atoms with Crippen LogP contribution in [0.1, 0.15) is 18.1 Å². The number of carbonyl (C=O) groups is 1. The number of nitrogens with one attached hydrogen (secondary N) is 2. The molecule has 4 aromatic rings. The average Bonchev–Trinajstić information content (AvgIpc) is 3.20. The third-order valence-corrected chi connectivity index (χ3v) is 6.09. The molecule has 2 heterocycles. The highest BCUT2D eigenvalue weighted by Crippen LogP contribution is 2.23. The first kappa shape index (κ1) is 22.4. The molecule has 0 unspecified atom stereocenters. The van der Waals surface area contributed by atoms with Crippen molar-refractivity contribution in [1.82, 2.24) is 19.5 Å². The molecular weight excluding hydrogens is 440 g/mol. The summed E-state index contributed by atoms with van der Waals surface area (Å²) in [6.45, 7) is 4.14. The van der Waals surface area contributed by atoms with Crippen molar-refractivity contribution >= 4 is 40.2 Å². The Hall–Kier alpha value is -3.79. The molecule has 10 heteroatoms. The lowest BCUT2D eigenvalue weighted by Crippen LogP contribution is -2.41. The number of aromatic amines is 2. The topological polar surface area (TPSA) is 130 Å². The zero-order valence-corrected chi connectivity index (χ0v) is 19.1. The number of benzene rings is 2. The molecule has 4 N–H and O–H groups in total. The minimum Gasteiger partial charge on any atom is -0.383 e. The van der Waals surface area contributed by atoms with Crippen molar-refractivity contribution in [3.63, 3.8) is 0 Å². The molecule has 0 fully saturated rings. The Morgan fingerprint density at radius 1 is 1.15 bits per heavy atom. The van der Waals surface area contributed by atoms with Gasteiger partial charge in [-0.3, -0.25) is 19.1 Å². The van der Waals surface area contributed by atoms with Crippen molar-refractivity contribution in [2.45, 2.75) is 25.5 Å². The van der Waals surface area contributed by atoms with E-state index in [1.54, 1.807) is 6.92 Å². The van der Waals surface area contributed by atoms with Crippen LogP contribution in [-0.2, 0) is 11.3 Å². The third-order valence-electron chi connectivity index (χ3n) is 5.23. The molecule has 0 aliphatic rings. The maximum Gasteiger partial charge on any atom is 0.330 e. The van der Waals surface area contributed by atoms with Crippen LogP contribution in [0.4, 0.5) is 11.5 Å². The van der Waals surface area contributed by atoms with E-state index in [-0.39, 0.29) is 36.3 Å². The number of imidazole rings is 1. The number of nitrogens with two attached hydrogens (primary N) is 1. The molecule has 2 aromatic carbocycles. The highest BCUT2D eigenvalue weighted by Gasteiger charge is 2.23. The summed E-state index contributed by atoms with van der Waals surface area (Å²) in [6.07, 6.45) is 0. The minimum atomic E-state index is -0.693. The number of hydrogen-bond donors (Lipinski definition) is 3. The zero-order chi connectivity index (χ0) is 23.5. The summed E-state index contributed by atoms with van der Waals surface area (Å²) in [5.41, 5.74) is 8.56. The fourth-order valence-corrected chi connectivity index (χ4v) is 4.36. The van der Waals surface area contributed by atoms with Crippen LogP contribution in [0.15, 0.2) is 63.3 Å². The molecule has 1 amide bonds. The first-order valence-electron chi connectivity index (χ1n) is 10.4. The molecule has 0 saturated carbocycles. The van der Waals surface area contributed by atoms with Gasteiger partial charge >= 0.3 is 5.69 Å². The van der Waals surface area contributed by atoms with E-state index in [1.165, 1.54) is 21.2 Å². The van der Waals surface area contributed by atoms with E-state index < -0.39 is 11.2 Å². The fraction of sp³-hybridized carbons (Fsp3) is 0.217. The minimum absolute atomic E-state index is 0.0288. The Kier molecular flexibility index (Phi) is 6.36. The van der Waals surface area contributed by atoms with Crippen LogP contribution in [0.25, 0.3) is 11.0 Å². The third kappa shape index (κ3) is 4.70. The van der Waals surface area contributed by atoms with Gasteiger partial charge in [0.2, 0.25) is 5.91 Å². The average molecular weight is 465 g/mol. The van der Waals surface area contributed by atoms with E-state index in [2.05, 4.69) is 15.0 Å². The summed E-state index contributed by atoms with van der Waals surface area (Å²) in [6, 6.07) is 15.1. The van der Waals surface area contributed by atoms with E-state index in [4.69, 9.17) is 5.73 Å². The van der Waals surface area contributed by atoms with E-state index in [0.717, 1.165) is 22.2 Å². The van der Waals surface area contributed by atoms with Crippen LogP contribution >= 0.6 is 11.8 Å². The van der Waals surface area contributed by atoms with E-state index in [0.29, 0.717) is 5.16 Å². The van der Waals surface area contributed by atoms with Gasteiger partial charge in [-0.2, -0.15) is 0 Å². The number of aromatic nitrogens is 4. The van der Waals surface area contributed by atoms with Crippen molar-refractivity contribution in [2.75, 3.05) is 22.9 Å². The van der Waals surface area contributed by atoms with Gasteiger partial charge in [-0.25, -0.2) is 9.78 Å². The lowest BCUT2D eigenvalue weighted by Gasteiger charge is -2.23. The lowest BCUT2D eigenvalue weighted by atomic mass is 10.2. The predicted molar refractivity (Wildman–Crippen MR) is 131 cm³/mol. The number of hydrogen-bond acceptors (Lipinski definition) is 6. The van der Waals surface area contributed by atoms with Crippen molar-refractivity contribution in [3.8, 4) is 0 Å². The number of amides is 1. The van der Waals surface area contributed by atoms with E-state index >= 15 is 0 Å². The van der Waals surface area contributed by atoms with Gasteiger partial charge in [-0.1, -0.05) is 48.2 Å². The van der Waals surface area contributed by atoms with Crippen LogP contribution in [0.3, 0.4) is 0 Å². The smallest absolute Gasteiger partial charge is 0.330 e. The largest absolute Gasteiger partial charge is 0.383 e. The number of H-pyrrole nitrogens is 2. The first-order chi connectivity index (χ1) is 15.9. The van der Waals surface area contributed by atoms with Crippen LogP contribution < -0.4 is 21.9 Å². The zero-order valence-electron chi connectivity index (χ0n) is 18.3. The number of carbonyl (C=O) groups excluding carboxylic acids is 1. The van der Waals surface area contributed by atoms with Gasteiger partial charge in [-0.05, 0) is 37.1 Å². The van der Waals surface area contributed by atoms with Crippen molar-refractivity contribution in [3.05, 3.63) is 80.5 Å². The van der Waals surface area contributed by atoms with Gasteiger partial charge in [0, 0.05) is 6.54 Å². The molecule has 9 nitrogen and oxygen atoms in total. The predicted octanol–water partition coefficient (Wildman–Crippen LogP) is 2.50. The second kappa shape index (κ2) is 9.37. The second-order valence-corrected chi connectivity index (χ2v) is 8.52. The Bertz CT molecular complexity index is 1420. The number of thioether (sulfide) groups is 1. The lowest BCUT2D eigenvalue weighted by molar-refractivity contribution is -0.116. The monoisotopic (exact) mass is 464 g/mol. The highest BCUT2D eigenvalue weighted by atomic mass is 32.2. The molecule has 4 rings (SSSR count). The SMILES string of the molecule is CCN(C(=O)CSc1nc2ccc(C)cc2[nH]1)c1c(N)n(Cc2ccccc2)c(=O)[nH]c1=O. The molecule has 0 bridgehead atoms. The Labute approximate surface area is 193 Å². The molecule has 33 heavy (non-hydrogen) atoms. The Morgan fingerprint density at radius 2 is 1.91 bits per heavy atom. The van der Waals surface area contributed by atoms with Gasteiger partial charge in [0.05, 0.1) is 23.3 Å². The maximum atomic E-state index is 13.0. The summed E-state index contributed by atoms with van der Waals surface area (Å²) in [5.74, 6) is -0.322. The number of fused-ring (bicyclic) bond motifs is 1. The summed E-state index contributed by atoms with van der Waals surface area (Å²) in [4.78, 5) is 49.4. The molecule has 0 aliphatic carbocycles. The molecular formula is C23H24N6O3S. The molecule has 2 aromatic heterocycles. The summed E-state index contributed by atoms with van der Waals surface area (Å²) in [5, 5.41) is 0.607. The Balaban J connectivity index is 1.59. The van der Waals surface area contributed by atoms with Crippen molar-refractivity contribution in [1.29, 1.82) is 0 Å². The van der Waals surface area contributed by atoms with Gasteiger partial charge < -0.3 is 15.6 Å². The van der Waals surface area contributed by atoms with Crippen LogP contribution in [-0.4, -0.2) is 37.7 Å². The maximum absolute atomic E-state index is 13.0. The quantitative estimate of drug-likeness (QED) is 0.360. The fourth-order valence-electron chi connectivity index (χ4n) is 3.60. The number of rotatable bonds is 7. The molecule has 170 valence electrons. The molecule has 0 atom stereocenters. The van der Waals surface area contributed by atoms with Gasteiger partial charge in [0.15, 0.2) is 10.8 Å². The second-order valence-electron chi connectivity index (χ2n) is 7.55. The molecule has 0 radical (unpaired) electrons. The highest BCUT2D eigenvalue weighted by molar-refractivity contribution is 7.99. The number of nitrogen functional groups attached to an aromatic ring is 1. The van der Waals surface area contributed by atoms with Gasteiger partial charge in [0.25, 0.3) is 5.56 Å². The molecule has 0 saturated heterocycles. The van der Waals surface area contributed by atoms with Crippen molar-refractivity contribution < 1.29 is 4.79 Å². The summed E-state index contributed by atoms with van der Waals surface area (Å²) in [7, 11) is 0. The number of nitrogens with zero attached hydrogens (tertiary/aromatic N) is 3. The van der Waals surface area contributed by atoms with E-state index in [9.17, 15) is 14.4 Å². The van der Waals surface area contributed by atoms with Crippen LogP contribution in [0.5, 0.6) is 0 Å². The van der Waals surface area contributed by atoms with Gasteiger partial charge in [-0.15, -0.1) is 0 Å². The van der Waals surface area contributed by atoms with Gasteiger partial charge in [0.1, 0.15) is 5.82 Å². The molecule has 0 spiro atoms. The van der Waals surface area contributed by atoms with Crippen LogP contribution in [0, 0.1) is 6.92 Å². The summed E-state index contributed by atoms with van der Waals surface area (Å²) >= 11 is 1.24. The van der Waals surface area contributed by atoms with E-state index in [1.807, 2.05) is 55.5 Å².